The highest BCUT2D eigenvalue weighted by Crippen LogP contribution is 2.25. The number of methoxy groups -OCH3 is 1. The van der Waals surface area contributed by atoms with E-state index in [1.54, 1.807) is 30.0 Å². The first-order chi connectivity index (χ1) is 6.22. The summed E-state index contributed by atoms with van der Waals surface area (Å²) in [7, 11) is 1.56. The summed E-state index contributed by atoms with van der Waals surface area (Å²) in [5.41, 5.74) is 0.664. The lowest BCUT2D eigenvalue weighted by Gasteiger charge is -2.02. The molecule has 0 fully saturated rings. The standard InChI is InChI=1S/C8H6Cl2N2O/c1-13-6-2-5(9)4-12-7(10)3-11-8(6)12/h2-4H,1H3. The zero-order chi connectivity index (χ0) is 9.42. The second-order valence-corrected chi connectivity index (χ2v) is 3.32. The van der Waals surface area contributed by atoms with Crippen molar-refractivity contribution in [1.29, 1.82) is 0 Å². The van der Waals surface area contributed by atoms with Gasteiger partial charge in [0, 0.05) is 12.3 Å². The Bertz CT molecular complexity index is 453. The number of nitrogens with zero attached hydrogens (tertiary/aromatic N) is 2. The Balaban J connectivity index is 2.84. The number of halogens is 2. The number of pyridine rings is 1. The van der Waals surface area contributed by atoms with Gasteiger partial charge in [0.1, 0.15) is 5.15 Å². The minimum Gasteiger partial charge on any atom is -0.493 e. The molecule has 2 aromatic heterocycles. The predicted molar refractivity (Wildman–Crippen MR) is 51.8 cm³/mol. The fourth-order valence-corrected chi connectivity index (χ4v) is 1.52. The SMILES string of the molecule is COc1cc(Cl)cn2c(Cl)cnc12. The van der Waals surface area contributed by atoms with Gasteiger partial charge in [-0.25, -0.2) is 4.98 Å². The van der Waals surface area contributed by atoms with E-state index in [2.05, 4.69) is 4.98 Å². The van der Waals surface area contributed by atoms with E-state index in [4.69, 9.17) is 27.9 Å². The van der Waals surface area contributed by atoms with Gasteiger partial charge in [0.05, 0.1) is 18.3 Å². The van der Waals surface area contributed by atoms with Crippen molar-refractivity contribution < 1.29 is 4.74 Å². The summed E-state index contributed by atoms with van der Waals surface area (Å²) >= 11 is 11.7. The van der Waals surface area contributed by atoms with Crippen molar-refractivity contribution in [3.8, 4) is 5.75 Å². The number of ether oxygens (including phenoxy) is 1. The van der Waals surface area contributed by atoms with Crippen molar-refractivity contribution >= 4 is 28.8 Å². The van der Waals surface area contributed by atoms with Gasteiger partial charge in [-0.2, -0.15) is 0 Å². The molecule has 2 aromatic rings. The quantitative estimate of drug-likeness (QED) is 0.733. The molecule has 2 rings (SSSR count). The van der Waals surface area contributed by atoms with Crippen LogP contribution in [0.1, 0.15) is 0 Å². The minimum atomic E-state index is 0.510. The summed E-state index contributed by atoms with van der Waals surface area (Å²) < 4.78 is 6.76. The van der Waals surface area contributed by atoms with Crippen molar-refractivity contribution in [3.63, 3.8) is 0 Å². The topological polar surface area (TPSA) is 26.5 Å². The van der Waals surface area contributed by atoms with Crippen LogP contribution in [0.2, 0.25) is 10.2 Å². The fraction of sp³-hybridized carbons (Fsp3) is 0.125. The highest BCUT2D eigenvalue weighted by molar-refractivity contribution is 6.31. The molecule has 5 heteroatoms. The Morgan fingerprint density at radius 2 is 2.23 bits per heavy atom. The zero-order valence-electron chi connectivity index (χ0n) is 6.79. The molecule has 0 spiro atoms. The van der Waals surface area contributed by atoms with E-state index in [1.807, 2.05) is 0 Å². The second kappa shape index (κ2) is 3.09. The van der Waals surface area contributed by atoms with Gasteiger partial charge in [0.15, 0.2) is 11.4 Å². The van der Waals surface area contributed by atoms with Crippen LogP contribution >= 0.6 is 23.2 Å². The van der Waals surface area contributed by atoms with E-state index in [0.717, 1.165) is 0 Å². The molecular weight excluding hydrogens is 211 g/mol. The highest BCUT2D eigenvalue weighted by Gasteiger charge is 2.07. The van der Waals surface area contributed by atoms with E-state index in [1.165, 1.54) is 0 Å². The third-order valence-corrected chi connectivity index (χ3v) is 2.20. The molecule has 0 saturated heterocycles. The van der Waals surface area contributed by atoms with Gasteiger partial charge in [0.25, 0.3) is 0 Å². The fourth-order valence-electron chi connectivity index (χ4n) is 1.15. The van der Waals surface area contributed by atoms with Crippen LogP contribution in [-0.4, -0.2) is 16.5 Å². The van der Waals surface area contributed by atoms with Crippen LogP contribution in [0.5, 0.6) is 5.75 Å². The molecular formula is C8H6Cl2N2O. The first-order valence-electron chi connectivity index (χ1n) is 3.58. The maximum absolute atomic E-state index is 5.86. The molecule has 2 heterocycles. The molecule has 0 amide bonds. The molecule has 68 valence electrons. The molecule has 0 radical (unpaired) electrons. The Labute approximate surface area is 84.9 Å². The predicted octanol–water partition coefficient (Wildman–Crippen LogP) is 2.65. The van der Waals surface area contributed by atoms with Crippen LogP contribution < -0.4 is 4.74 Å². The van der Waals surface area contributed by atoms with Crippen LogP contribution in [0, 0.1) is 0 Å². The van der Waals surface area contributed by atoms with Gasteiger partial charge in [-0.1, -0.05) is 23.2 Å². The van der Waals surface area contributed by atoms with Crippen molar-refractivity contribution in [2.24, 2.45) is 0 Å². The minimum absolute atomic E-state index is 0.510. The largest absolute Gasteiger partial charge is 0.493 e. The van der Waals surface area contributed by atoms with Crippen LogP contribution in [0.4, 0.5) is 0 Å². The summed E-state index contributed by atoms with van der Waals surface area (Å²) in [5, 5.41) is 1.07. The van der Waals surface area contributed by atoms with Crippen molar-refractivity contribution in [1.82, 2.24) is 9.38 Å². The third kappa shape index (κ3) is 1.34. The molecule has 0 atom stereocenters. The monoisotopic (exact) mass is 216 g/mol. The summed E-state index contributed by atoms with van der Waals surface area (Å²) in [6.07, 6.45) is 3.24. The molecule has 0 unspecified atom stereocenters. The van der Waals surface area contributed by atoms with Crippen molar-refractivity contribution in [2.45, 2.75) is 0 Å². The van der Waals surface area contributed by atoms with Crippen molar-refractivity contribution in [3.05, 3.63) is 28.6 Å². The van der Waals surface area contributed by atoms with Gasteiger partial charge in [-0.05, 0) is 0 Å². The number of aromatic nitrogens is 2. The van der Waals surface area contributed by atoms with E-state index in [-0.39, 0.29) is 0 Å². The number of fused-ring (bicyclic) bond motifs is 1. The van der Waals surface area contributed by atoms with Crippen LogP contribution in [0.3, 0.4) is 0 Å². The highest BCUT2D eigenvalue weighted by atomic mass is 35.5. The number of imidazole rings is 1. The Morgan fingerprint density at radius 3 is 2.92 bits per heavy atom. The lowest BCUT2D eigenvalue weighted by Crippen LogP contribution is -1.90. The first-order valence-corrected chi connectivity index (χ1v) is 4.34. The van der Waals surface area contributed by atoms with E-state index in [9.17, 15) is 0 Å². The molecule has 0 saturated carbocycles. The first kappa shape index (κ1) is 8.66. The van der Waals surface area contributed by atoms with Gasteiger partial charge < -0.3 is 4.74 Å². The number of rotatable bonds is 1. The maximum Gasteiger partial charge on any atom is 0.180 e. The molecule has 0 bridgehead atoms. The summed E-state index contributed by atoms with van der Waals surface area (Å²) in [6.45, 7) is 0. The molecule has 0 aliphatic heterocycles. The smallest absolute Gasteiger partial charge is 0.180 e. The molecule has 0 aromatic carbocycles. The normalized spacial score (nSPS) is 10.7. The Hall–Kier alpha value is -0.930. The maximum atomic E-state index is 5.86. The lowest BCUT2D eigenvalue weighted by molar-refractivity contribution is 0.417. The van der Waals surface area contributed by atoms with Gasteiger partial charge in [0.2, 0.25) is 0 Å². The third-order valence-electron chi connectivity index (χ3n) is 1.71. The lowest BCUT2D eigenvalue weighted by atomic mass is 10.4. The second-order valence-electron chi connectivity index (χ2n) is 2.50. The number of hydrogen-bond donors (Lipinski definition) is 0. The molecule has 0 N–H and O–H groups in total. The molecule has 0 aliphatic rings. The van der Waals surface area contributed by atoms with Crippen LogP contribution in [0.25, 0.3) is 5.65 Å². The Morgan fingerprint density at radius 1 is 1.46 bits per heavy atom. The summed E-state index contributed by atoms with van der Waals surface area (Å²) in [6, 6.07) is 1.69. The average molecular weight is 217 g/mol. The van der Waals surface area contributed by atoms with Gasteiger partial charge in [-0.3, -0.25) is 4.40 Å². The van der Waals surface area contributed by atoms with E-state index >= 15 is 0 Å². The Kier molecular flexibility index (Phi) is 2.06. The summed E-state index contributed by atoms with van der Waals surface area (Å²) in [4.78, 5) is 4.08. The zero-order valence-corrected chi connectivity index (χ0v) is 8.30. The number of hydrogen-bond acceptors (Lipinski definition) is 2. The van der Waals surface area contributed by atoms with E-state index in [0.29, 0.717) is 21.6 Å². The molecule has 13 heavy (non-hydrogen) atoms. The molecule has 3 nitrogen and oxygen atoms in total. The molecule has 0 aliphatic carbocycles. The van der Waals surface area contributed by atoms with Crippen molar-refractivity contribution in [2.75, 3.05) is 7.11 Å². The van der Waals surface area contributed by atoms with Crippen LogP contribution in [0.15, 0.2) is 18.5 Å². The average Bonchev–Trinajstić information content (AvgIpc) is 2.47. The van der Waals surface area contributed by atoms with Gasteiger partial charge >= 0.3 is 0 Å². The van der Waals surface area contributed by atoms with Gasteiger partial charge in [-0.15, -0.1) is 0 Å². The van der Waals surface area contributed by atoms with E-state index < -0.39 is 0 Å². The summed E-state index contributed by atoms with van der Waals surface area (Å²) in [5.74, 6) is 0.611. The van der Waals surface area contributed by atoms with Crippen LogP contribution in [-0.2, 0) is 0 Å².